The van der Waals surface area contributed by atoms with Crippen molar-refractivity contribution in [1.82, 2.24) is 10.6 Å². The van der Waals surface area contributed by atoms with Crippen molar-refractivity contribution in [2.75, 3.05) is 13.2 Å². The van der Waals surface area contributed by atoms with Crippen molar-refractivity contribution in [3.05, 3.63) is 35.6 Å². The highest BCUT2D eigenvalue weighted by atomic mass is 19.1. The molecule has 5 heteroatoms. The molecule has 2 amide bonds. The topological polar surface area (TPSA) is 61.4 Å². The van der Waals surface area contributed by atoms with E-state index in [1.807, 2.05) is 19.9 Å². The van der Waals surface area contributed by atoms with Crippen LogP contribution < -0.4 is 10.6 Å². The predicted molar refractivity (Wildman–Crippen MR) is 72.5 cm³/mol. The molecule has 1 rings (SSSR count). The van der Waals surface area contributed by atoms with Gasteiger partial charge in [0.25, 0.3) is 0 Å². The summed E-state index contributed by atoms with van der Waals surface area (Å²) in [5.41, 5.74) is 0.449. The maximum absolute atomic E-state index is 13.2. The van der Waals surface area contributed by atoms with E-state index in [0.29, 0.717) is 6.54 Å². The van der Waals surface area contributed by atoms with E-state index in [4.69, 9.17) is 5.11 Å². The molecule has 1 aromatic carbocycles. The van der Waals surface area contributed by atoms with Crippen molar-refractivity contribution in [3.63, 3.8) is 0 Å². The molecule has 19 heavy (non-hydrogen) atoms. The molecule has 0 saturated carbocycles. The van der Waals surface area contributed by atoms with Crippen LogP contribution in [0.2, 0.25) is 0 Å². The van der Waals surface area contributed by atoms with Crippen molar-refractivity contribution in [2.24, 2.45) is 0 Å². The van der Waals surface area contributed by atoms with E-state index in [9.17, 15) is 9.18 Å². The summed E-state index contributed by atoms with van der Waals surface area (Å²) < 4.78 is 13.2. The highest BCUT2D eigenvalue weighted by Gasteiger charge is 2.22. The van der Waals surface area contributed by atoms with Gasteiger partial charge in [0.05, 0.1) is 12.6 Å². The van der Waals surface area contributed by atoms with Crippen molar-refractivity contribution < 1.29 is 14.3 Å². The molecule has 0 fully saturated rings. The van der Waals surface area contributed by atoms with E-state index in [-0.39, 0.29) is 29.9 Å². The average Bonchev–Trinajstić information content (AvgIpc) is 2.36. The molecule has 1 aromatic rings. The van der Waals surface area contributed by atoms with Gasteiger partial charge in [0.1, 0.15) is 5.82 Å². The van der Waals surface area contributed by atoms with Crippen LogP contribution in [0.3, 0.4) is 0 Å². The first-order chi connectivity index (χ1) is 8.85. The van der Waals surface area contributed by atoms with Gasteiger partial charge >= 0.3 is 6.03 Å². The largest absolute Gasteiger partial charge is 0.394 e. The van der Waals surface area contributed by atoms with E-state index >= 15 is 0 Å². The summed E-state index contributed by atoms with van der Waals surface area (Å²) >= 11 is 0. The lowest BCUT2D eigenvalue weighted by Crippen LogP contribution is -2.46. The Bertz CT molecular complexity index is 435. The maximum atomic E-state index is 13.2. The number of amides is 2. The second-order valence-corrected chi connectivity index (χ2v) is 5.30. The number of carbonyl (C=O) groups is 1. The quantitative estimate of drug-likeness (QED) is 0.762. The minimum Gasteiger partial charge on any atom is -0.394 e. The molecule has 4 nitrogen and oxygen atoms in total. The number of aliphatic hydroxyl groups excluding tert-OH is 1. The van der Waals surface area contributed by atoms with Crippen LogP contribution >= 0.6 is 0 Å². The van der Waals surface area contributed by atoms with Crippen molar-refractivity contribution in [1.29, 1.82) is 0 Å². The zero-order valence-electron chi connectivity index (χ0n) is 11.5. The fraction of sp³-hybridized carbons (Fsp3) is 0.500. The number of halogens is 1. The minimum atomic E-state index is -0.373. The van der Waals surface area contributed by atoms with Gasteiger partial charge in [-0.15, -0.1) is 0 Å². The fourth-order valence-electron chi connectivity index (χ4n) is 1.63. The smallest absolute Gasteiger partial charge is 0.315 e. The predicted octanol–water partition coefficient (Wildman–Crippen LogP) is 1.78. The molecule has 0 bridgehead atoms. The number of aliphatic hydroxyl groups is 1. The molecule has 1 unspecified atom stereocenters. The van der Waals surface area contributed by atoms with Gasteiger partial charge in [-0.25, -0.2) is 9.18 Å². The monoisotopic (exact) mass is 268 g/mol. The lowest BCUT2D eigenvalue weighted by atomic mass is 9.84. The van der Waals surface area contributed by atoms with E-state index in [2.05, 4.69) is 10.6 Å². The highest BCUT2D eigenvalue weighted by Crippen LogP contribution is 2.22. The van der Waals surface area contributed by atoms with E-state index in [0.717, 1.165) is 5.56 Å². The van der Waals surface area contributed by atoms with E-state index in [1.54, 1.807) is 13.0 Å². The normalized spacial score (nSPS) is 12.9. The highest BCUT2D eigenvalue weighted by molar-refractivity contribution is 5.74. The molecule has 0 aromatic heterocycles. The molecule has 0 aliphatic carbocycles. The third-order valence-corrected chi connectivity index (χ3v) is 2.95. The number of nitrogens with one attached hydrogen (secondary N) is 2. The Morgan fingerprint density at radius 2 is 2.16 bits per heavy atom. The van der Waals surface area contributed by atoms with Crippen LogP contribution in [0.1, 0.15) is 26.3 Å². The van der Waals surface area contributed by atoms with Gasteiger partial charge in [0, 0.05) is 12.0 Å². The molecule has 106 valence electrons. The van der Waals surface area contributed by atoms with Gasteiger partial charge in [-0.1, -0.05) is 26.0 Å². The fourth-order valence-corrected chi connectivity index (χ4v) is 1.63. The number of hydrogen-bond donors (Lipinski definition) is 3. The van der Waals surface area contributed by atoms with Crippen LogP contribution in [0.4, 0.5) is 9.18 Å². The lowest BCUT2D eigenvalue weighted by molar-refractivity contribution is 0.218. The van der Waals surface area contributed by atoms with Crippen LogP contribution in [0.15, 0.2) is 24.3 Å². The van der Waals surface area contributed by atoms with Gasteiger partial charge in [0.15, 0.2) is 0 Å². The number of urea groups is 1. The summed E-state index contributed by atoms with van der Waals surface area (Å²) in [5, 5.41) is 14.1. The molecule has 3 N–H and O–H groups in total. The van der Waals surface area contributed by atoms with Crippen molar-refractivity contribution in [2.45, 2.75) is 32.2 Å². The standard InChI is InChI=1S/C14H21FN2O2/c1-10(8-18)17-13(19)16-9-14(2,3)11-5-4-6-12(15)7-11/h4-7,10,18H,8-9H2,1-3H3,(H2,16,17,19). The van der Waals surface area contributed by atoms with Crippen LogP contribution in [-0.2, 0) is 5.41 Å². The number of benzene rings is 1. The van der Waals surface area contributed by atoms with Crippen LogP contribution in [0, 0.1) is 5.82 Å². The van der Waals surface area contributed by atoms with Crippen molar-refractivity contribution >= 4 is 6.03 Å². The molecular formula is C14H21FN2O2. The molecule has 0 saturated heterocycles. The molecule has 1 atom stereocenters. The molecule has 0 heterocycles. The Morgan fingerprint density at radius 3 is 2.74 bits per heavy atom. The van der Waals surface area contributed by atoms with Gasteiger partial charge in [-0.3, -0.25) is 0 Å². The number of hydrogen-bond acceptors (Lipinski definition) is 2. The maximum Gasteiger partial charge on any atom is 0.315 e. The third-order valence-electron chi connectivity index (χ3n) is 2.95. The molecular weight excluding hydrogens is 247 g/mol. The summed E-state index contributed by atoms with van der Waals surface area (Å²) in [7, 11) is 0. The Hall–Kier alpha value is -1.62. The summed E-state index contributed by atoms with van der Waals surface area (Å²) in [5.74, 6) is -0.288. The van der Waals surface area contributed by atoms with Crippen LogP contribution in [0.5, 0.6) is 0 Å². The van der Waals surface area contributed by atoms with Crippen LogP contribution in [0.25, 0.3) is 0 Å². The number of carbonyl (C=O) groups excluding carboxylic acids is 1. The SMILES string of the molecule is CC(CO)NC(=O)NCC(C)(C)c1cccc(F)c1. The Labute approximate surface area is 113 Å². The van der Waals surface area contributed by atoms with Crippen LogP contribution in [-0.4, -0.2) is 30.3 Å². The lowest BCUT2D eigenvalue weighted by Gasteiger charge is -2.26. The van der Waals surface area contributed by atoms with Crippen molar-refractivity contribution in [3.8, 4) is 0 Å². The second kappa shape index (κ2) is 6.52. The van der Waals surface area contributed by atoms with Gasteiger partial charge in [-0.2, -0.15) is 0 Å². The molecule has 0 aliphatic rings. The molecule has 0 spiro atoms. The Balaban J connectivity index is 2.58. The van der Waals surface area contributed by atoms with E-state index in [1.165, 1.54) is 12.1 Å². The third kappa shape index (κ3) is 4.87. The number of rotatable bonds is 5. The molecule has 0 radical (unpaired) electrons. The molecule has 0 aliphatic heterocycles. The van der Waals surface area contributed by atoms with Gasteiger partial charge < -0.3 is 15.7 Å². The Kier molecular flexibility index (Phi) is 5.30. The van der Waals surface area contributed by atoms with E-state index < -0.39 is 0 Å². The van der Waals surface area contributed by atoms with Gasteiger partial charge in [-0.05, 0) is 24.6 Å². The zero-order valence-corrected chi connectivity index (χ0v) is 11.5. The first-order valence-electron chi connectivity index (χ1n) is 6.26. The average molecular weight is 268 g/mol. The summed E-state index contributed by atoms with van der Waals surface area (Å²) in [6, 6.07) is 5.71. The zero-order chi connectivity index (χ0) is 14.5. The minimum absolute atomic E-state index is 0.110. The summed E-state index contributed by atoms with van der Waals surface area (Å²) in [4.78, 5) is 11.5. The first-order valence-corrected chi connectivity index (χ1v) is 6.26. The Morgan fingerprint density at radius 1 is 1.47 bits per heavy atom. The van der Waals surface area contributed by atoms with Gasteiger partial charge in [0.2, 0.25) is 0 Å². The second-order valence-electron chi connectivity index (χ2n) is 5.30. The first kappa shape index (κ1) is 15.4. The summed E-state index contributed by atoms with van der Waals surface area (Å²) in [6.07, 6.45) is 0. The summed E-state index contributed by atoms with van der Waals surface area (Å²) in [6.45, 7) is 5.83.